The Morgan fingerprint density at radius 1 is 0.964 bits per heavy atom. The number of anilines is 4. The van der Waals surface area contributed by atoms with Gasteiger partial charge in [0.2, 0.25) is 11.9 Å². The molecule has 0 aliphatic rings. The average molecular weight is 396 g/mol. The summed E-state index contributed by atoms with van der Waals surface area (Å²) in [5.74, 6) is -0.282. The summed E-state index contributed by atoms with van der Waals surface area (Å²) in [7, 11) is 0. The maximum Gasteiger partial charge on any atom is 0.274 e. The van der Waals surface area contributed by atoms with E-state index in [1.807, 2.05) is 13.0 Å². The van der Waals surface area contributed by atoms with Crippen molar-refractivity contribution in [3.8, 4) is 0 Å². The van der Waals surface area contributed by atoms with Gasteiger partial charge in [0.05, 0.1) is 0 Å². The molecule has 0 fully saturated rings. The second-order valence-electron chi connectivity index (χ2n) is 6.07. The summed E-state index contributed by atoms with van der Waals surface area (Å²) in [6, 6.07) is 13.9. The van der Waals surface area contributed by atoms with Crippen LogP contribution in [0.15, 0.2) is 54.7 Å². The maximum atomic E-state index is 12.5. The minimum Gasteiger partial charge on any atom is -0.326 e. The predicted molar refractivity (Wildman–Crippen MR) is 110 cm³/mol. The molecule has 1 aromatic heterocycles. The van der Waals surface area contributed by atoms with E-state index in [9.17, 15) is 9.59 Å². The van der Waals surface area contributed by atoms with Crippen LogP contribution < -0.4 is 16.0 Å². The molecule has 3 N–H and O–H groups in total. The number of carbonyl (C=O) groups excluding carboxylic acids is 2. The Labute approximate surface area is 167 Å². The van der Waals surface area contributed by atoms with Crippen molar-refractivity contribution in [1.82, 2.24) is 9.97 Å². The summed E-state index contributed by atoms with van der Waals surface area (Å²) in [6.45, 7) is 3.32. The number of hydrogen-bond donors (Lipinski definition) is 3. The quantitative estimate of drug-likeness (QED) is 0.595. The van der Waals surface area contributed by atoms with Crippen molar-refractivity contribution in [3.63, 3.8) is 0 Å². The van der Waals surface area contributed by atoms with Gasteiger partial charge in [0, 0.05) is 35.2 Å². The number of rotatable bonds is 5. The molecule has 2 amide bonds. The van der Waals surface area contributed by atoms with Gasteiger partial charge in [-0.2, -0.15) is 0 Å². The molecule has 2 aromatic carbocycles. The van der Waals surface area contributed by atoms with Crippen LogP contribution in [-0.2, 0) is 4.79 Å². The molecule has 3 aromatic rings. The lowest BCUT2D eigenvalue weighted by molar-refractivity contribution is -0.114. The summed E-state index contributed by atoms with van der Waals surface area (Å²) in [4.78, 5) is 32.0. The third-order valence-corrected chi connectivity index (χ3v) is 4.16. The second-order valence-corrected chi connectivity index (χ2v) is 6.48. The van der Waals surface area contributed by atoms with Gasteiger partial charge in [0.25, 0.3) is 5.91 Å². The molecule has 142 valence electrons. The first-order chi connectivity index (χ1) is 13.4. The van der Waals surface area contributed by atoms with E-state index >= 15 is 0 Å². The molecule has 0 unspecified atom stereocenters. The van der Waals surface area contributed by atoms with Gasteiger partial charge in [0.15, 0.2) is 0 Å². The lowest BCUT2D eigenvalue weighted by Crippen LogP contribution is -2.14. The molecular formula is C20H18ClN5O2. The lowest BCUT2D eigenvalue weighted by atomic mass is 10.2. The van der Waals surface area contributed by atoms with Crippen LogP contribution in [0, 0.1) is 6.92 Å². The lowest BCUT2D eigenvalue weighted by Gasteiger charge is -2.09. The van der Waals surface area contributed by atoms with Crippen molar-refractivity contribution in [2.75, 3.05) is 16.0 Å². The van der Waals surface area contributed by atoms with E-state index in [2.05, 4.69) is 25.9 Å². The van der Waals surface area contributed by atoms with Gasteiger partial charge in [-0.1, -0.05) is 23.7 Å². The molecule has 3 rings (SSSR count). The molecule has 0 bridgehead atoms. The summed E-state index contributed by atoms with van der Waals surface area (Å²) in [5, 5.41) is 9.05. The van der Waals surface area contributed by atoms with Crippen LogP contribution in [0.5, 0.6) is 0 Å². The fourth-order valence-electron chi connectivity index (χ4n) is 2.42. The van der Waals surface area contributed by atoms with E-state index in [1.54, 1.807) is 36.4 Å². The molecule has 0 saturated heterocycles. The Morgan fingerprint density at radius 3 is 2.46 bits per heavy atom. The average Bonchev–Trinajstić information content (AvgIpc) is 2.65. The number of carbonyl (C=O) groups is 2. The topological polar surface area (TPSA) is 96.0 Å². The zero-order valence-electron chi connectivity index (χ0n) is 15.3. The van der Waals surface area contributed by atoms with E-state index in [0.717, 1.165) is 5.56 Å². The van der Waals surface area contributed by atoms with Crippen LogP contribution in [0.2, 0.25) is 5.02 Å². The summed E-state index contributed by atoms with van der Waals surface area (Å²) >= 11 is 6.09. The highest BCUT2D eigenvalue weighted by molar-refractivity contribution is 6.31. The van der Waals surface area contributed by atoms with Gasteiger partial charge >= 0.3 is 0 Å². The number of halogens is 1. The molecule has 0 spiro atoms. The fraction of sp³-hybridized carbons (Fsp3) is 0.100. The van der Waals surface area contributed by atoms with Crippen LogP contribution in [0.25, 0.3) is 0 Å². The van der Waals surface area contributed by atoms with Crippen molar-refractivity contribution < 1.29 is 9.59 Å². The zero-order valence-corrected chi connectivity index (χ0v) is 16.0. The van der Waals surface area contributed by atoms with Crippen LogP contribution in [-0.4, -0.2) is 21.8 Å². The number of amides is 2. The highest BCUT2D eigenvalue weighted by atomic mass is 35.5. The summed E-state index contributed by atoms with van der Waals surface area (Å²) in [5.41, 5.74) is 3.02. The van der Waals surface area contributed by atoms with Crippen molar-refractivity contribution >= 4 is 46.4 Å². The highest BCUT2D eigenvalue weighted by Gasteiger charge is 2.10. The molecule has 0 saturated carbocycles. The number of hydrogen-bond acceptors (Lipinski definition) is 5. The number of benzene rings is 2. The Hall–Kier alpha value is -3.45. The Morgan fingerprint density at radius 2 is 1.71 bits per heavy atom. The Kier molecular flexibility index (Phi) is 5.86. The molecule has 28 heavy (non-hydrogen) atoms. The van der Waals surface area contributed by atoms with E-state index in [-0.39, 0.29) is 23.5 Å². The molecule has 0 aliphatic heterocycles. The van der Waals surface area contributed by atoms with Crippen LogP contribution >= 0.6 is 11.6 Å². The number of nitrogens with zero attached hydrogens (tertiary/aromatic N) is 2. The van der Waals surface area contributed by atoms with E-state index in [4.69, 9.17) is 11.6 Å². The molecular weight excluding hydrogens is 378 g/mol. The van der Waals surface area contributed by atoms with Gasteiger partial charge < -0.3 is 16.0 Å². The summed E-state index contributed by atoms with van der Waals surface area (Å²) in [6.07, 6.45) is 1.49. The molecule has 0 atom stereocenters. The van der Waals surface area contributed by atoms with Gasteiger partial charge in [-0.3, -0.25) is 9.59 Å². The molecule has 7 nitrogen and oxygen atoms in total. The molecule has 0 radical (unpaired) electrons. The molecule has 8 heteroatoms. The Balaban J connectivity index is 1.73. The summed E-state index contributed by atoms with van der Waals surface area (Å²) < 4.78 is 0. The standard InChI is InChI=1S/C20H18ClN5O2/c1-12-6-7-16(11-17(12)21)24-19(28)18-8-9-22-20(26-18)25-15-5-3-4-14(10-15)23-13(2)27/h3-11H,1-2H3,(H,23,27)(H,24,28)(H,22,25,26). The number of nitrogens with one attached hydrogen (secondary N) is 3. The SMILES string of the molecule is CC(=O)Nc1cccc(Nc2nccc(C(=O)Nc3ccc(C)c(Cl)c3)n2)c1. The first-order valence-corrected chi connectivity index (χ1v) is 8.84. The van der Waals surface area contributed by atoms with Crippen molar-refractivity contribution in [1.29, 1.82) is 0 Å². The normalized spacial score (nSPS) is 10.2. The van der Waals surface area contributed by atoms with Crippen LogP contribution in [0.3, 0.4) is 0 Å². The van der Waals surface area contributed by atoms with Crippen LogP contribution in [0.4, 0.5) is 23.0 Å². The Bertz CT molecular complexity index is 1040. The van der Waals surface area contributed by atoms with Crippen molar-refractivity contribution in [2.24, 2.45) is 0 Å². The minimum atomic E-state index is -0.377. The monoisotopic (exact) mass is 395 g/mol. The van der Waals surface area contributed by atoms with Gasteiger partial charge in [-0.05, 0) is 48.9 Å². The zero-order chi connectivity index (χ0) is 20.1. The largest absolute Gasteiger partial charge is 0.326 e. The number of aromatic nitrogens is 2. The van der Waals surface area contributed by atoms with E-state index in [0.29, 0.717) is 22.1 Å². The first kappa shape index (κ1) is 19.3. The van der Waals surface area contributed by atoms with Gasteiger partial charge in [0.1, 0.15) is 5.69 Å². The van der Waals surface area contributed by atoms with Gasteiger partial charge in [-0.15, -0.1) is 0 Å². The highest BCUT2D eigenvalue weighted by Crippen LogP contribution is 2.21. The fourth-order valence-corrected chi connectivity index (χ4v) is 2.60. The van der Waals surface area contributed by atoms with Crippen molar-refractivity contribution in [3.05, 3.63) is 71.0 Å². The first-order valence-electron chi connectivity index (χ1n) is 8.46. The molecule has 1 heterocycles. The maximum absolute atomic E-state index is 12.5. The minimum absolute atomic E-state index is 0.164. The third kappa shape index (κ3) is 5.05. The van der Waals surface area contributed by atoms with E-state index < -0.39 is 0 Å². The smallest absolute Gasteiger partial charge is 0.274 e. The van der Waals surface area contributed by atoms with Crippen molar-refractivity contribution in [2.45, 2.75) is 13.8 Å². The van der Waals surface area contributed by atoms with Gasteiger partial charge in [-0.25, -0.2) is 9.97 Å². The van der Waals surface area contributed by atoms with E-state index in [1.165, 1.54) is 19.2 Å². The molecule has 0 aliphatic carbocycles. The predicted octanol–water partition coefficient (Wildman–Crippen LogP) is 4.39. The second kappa shape index (κ2) is 8.49. The number of aryl methyl sites for hydroxylation is 1. The van der Waals surface area contributed by atoms with Crippen LogP contribution in [0.1, 0.15) is 23.0 Å². The third-order valence-electron chi connectivity index (χ3n) is 3.76.